The molecule has 0 spiro atoms. The summed E-state index contributed by atoms with van der Waals surface area (Å²) < 4.78 is 1.03. The van der Waals surface area contributed by atoms with E-state index >= 15 is 24.0 Å². The normalized spacial score (nSPS) is 23.1. The predicted molar refractivity (Wildman–Crippen MR) is 491 cm³/mol. The number of hydrogen-bond acceptors (Lipinski definition) is 24. The lowest BCUT2D eigenvalue weighted by molar-refractivity contribution is -0.149. The number of likely N-dealkylation sites (N-methyl/N-ethyl adjacent to an activating group) is 3. The highest BCUT2D eigenvalue weighted by atomic mass is 32.2. The minimum atomic E-state index is -1.85. The van der Waals surface area contributed by atoms with Crippen LogP contribution in [-0.4, -0.2) is 302 Å². The van der Waals surface area contributed by atoms with E-state index in [4.69, 9.17) is 22.6 Å². The summed E-state index contributed by atoms with van der Waals surface area (Å²) in [5, 5.41) is 72.1. The van der Waals surface area contributed by atoms with Crippen LogP contribution in [0.5, 0.6) is 5.75 Å². The number of primary amides is 2. The van der Waals surface area contributed by atoms with Gasteiger partial charge in [-0.2, -0.15) is 0 Å². The maximum absolute atomic E-state index is 15.7. The molecule has 0 saturated carbocycles. The Kier molecular flexibility index (Phi) is 38.6. The largest absolute Gasteiger partial charge is 0.508 e. The van der Waals surface area contributed by atoms with Crippen molar-refractivity contribution < 1.29 is 86.9 Å². The Morgan fingerprint density at radius 2 is 1.16 bits per heavy atom. The number of guanidine groups is 1. The van der Waals surface area contributed by atoms with E-state index < -0.39 is 217 Å². The summed E-state index contributed by atoms with van der Waals surface area (Å²) in [5.41, 5.74) is 20.0. The van der Waals surface area contributed by atoms with Gasteiger partial charge in [0.05, 0.1) is 44.2 Å². The van der Waals surface area contributed by atoms with Gasteiger partial charge in [0, 0.05) is 112 Å². The second kappa shape index (κ2) is 50.0. The highest BCUT2D eigenvalue weighted by Gasteiger charge is 2.44. The molecule has 7 aromatic rings. The number of hydrogen-bond donors (Lipinski definition) is 20. The summed E-state index contributed by atoms with van der Waals surface area (Å²) in [7, 11) is 3.99. The number of carbonyl (C=O) groups excluding carboxylic acids is 16. The molecule has 46 heteroatoms. The van der Waals surface area contributed by atoms with Crippen LogP contribution in [0.4, 0.5) is 0 Å². The van der Waals surface area contributed by atoms with Gasteiger partial charge in [-0.25, -0.2) is 9.67 Å². The van der Waals surface area contributed by atoms with Crippen molar-refractivity contribution in [2.45, 2.75) is 216 Å². The van der Waals surface area contributed by atoms with Gasteiger partial charge in [0.2, 0.25) is 94.5 Å². The van der Waals surface area contributed by atoms with Crippen molar-refractivity contribution in [3.05, 3.63) is 126 Å². The fourth-order valence-corrected chi connectivity index (χ4v) is 16.9. The molecule has 0 aliphatic carbocycles. The first-order valence-corrected chi connectivity index (χ1v) is 45.7. The SMILES string of the molecule is CCCC[C@H]1C(=O)N(C)[C@@H](CCCC)C(=O)N[C@@H](CCCNC(=N)N)C(=O)N[C@H](C(=O)NCC(N)=O)CSCC(=O)N[C@@H](Cc2ccc(O)cc2)c2nnnn2[C@@H](C)C(=O)N[C@@H](CC(N)=O)C(=O)N2CCC[C@H]2C(=O)N[C@@H](Cc2cnc[nH]2)C(=O)N[C@@H](CC(C)C)C(=O)N(C)CC(=O)N[C@@H](Cc2c[nH]c3ccccc23)C(=O)N[C@@H](CO)C(=O)N[C@@H](Cc2c[nH]c3ccccc23)C(=O)N1C. The molecule has 9 rings (SSSR count). The van der Waals surface area contributed by atoms with E-state index in [-0.39, 0.29) is 101 Å². The summed E-state index contributed by atoms with van der Waals surface area (Å²) in [6.45, 7) is 5.94. The van der Waals surface area contributed by atoms with Crippen molar-refractivity contribution in [1.82, 2.24) is 118 Å². The number of unbranched alkanes of at least 4 members (excludes halogenated alkanes) is 2. The molecular weight excluding hydrogens is 1760 g/mol. The van der Waals surface area contributed by atoms with Crippen LogP contribution in [0, 0.1) is 11.3 Å². The molecule has 45 nitrogen and oxygen atoms in total. The lowest BCUT2D eigenvalue weighted by Crippen LogP contribution is -2.61. The van der Waals surface area contributed by atoms with Crippen molar-refractivity contribution in [3.63, 3.8) is 0 Å². The summed E-state index contributed by atoms with van der Waals surface area (Å²) in [5.74, 6) is -16.5. The van der Waals surface area contributed by atoms with Crippen LogP contribution < -0.4 is 75.7 Å². The third kappa shape index (κ3) is 29.2. The third-order valence-electron chi connectivity index (χ3n) is 23.2. The number of carbonyl (C=O) groups is 16. The van der Waals surface area contributed by atoms with Crippen LogP contribution in [0.15, 0.2) is 97.7 Å². The number of nitrogens with zero attached hydrogens (tertiary/aromatic N) is 9. The zero-order valence-corrected chi connectivity index (χ0v) is 77.0. The maximum atomic E-state index is 15.7. The number of tetrazole rings is 1. The van der Waals surface area contributed by atoms with Gasteiger partial charge in [-0.05, 0) is 109 Å². The molecule has 13 atom stereocenters. The fraction of sp³-hybridized carbons (Fsp3) is 0.511. The number of para-hydroxylation sites is 2. The third-order valence-corrected chi connectivity index (χ3v) is 24.2. The van der Waals surface area contributed by atoms with Crippen LogP contribution in [0.25, 0.3) is 21.8 Å². The first-order chi connectivity index (χ1) is 64.0. The number of thioether (sulfide) groups is 1. The van der Waals surface area contributed by atoms with Crippen molar-refractivity contribution in [3.8, 4) is 5.75 Å². The summed E-state index contributed by atoms with van der Waals surface area (Å²) in [6.07, 6.45) is 6.00. The Bertz CT molecular complexity index is 5300. The lowest BCUT2D eigenvalue weighted by atomic mass is 10.00. The van der Waals surface area contributed by atoms with Crippen molar-refractivity contribution in [1.29, 1.82) is 5.41 Å². The fourth-order valence-electron chi connectivity index (χ4n) is 16.0. The first-order valence-electron chi connectivity index (χ1n) is 44.5. The van der Waals surface area contributed by atoms with Gasteiger partial charge in [0.25, 0.3) is 0 Å². The molecule has 6 heterocycles. The predicted octanol–water partition coefficient (Wildman–Crippen LogP) is -2.36. The number of nitrogens with one attached hydrogen (secondary N) is 15. The molecule has 1 saturated heterocycles. The van der Waals surface area contributed by atoms with Crippen LogP contribution in [-0.2, 0) is 102 Å². The molecule has 134 heavy (non-hydrogen) atoms. The highest BCUT2D eigenvalue weighted by Crippen LogP contribution is 2.28. The number of amides is 16. The topological polar surface area (TPSA) is 665 Å². The molecule has 2 aliphatic heterocycles. The number of imidazole rings is 1. The minimum absolute atomic E-state index is 0.00198. The molecule has 3 aromatic carbocycles. The smallest absolute Gasteiger partial charge is 0.246 e. The Morgan fingerprint density at radius 3 is 1.77 bits per heavy atom. The Morgan fingerprint density at radius 1 is 0.582 bits per heavy atom. The molecule has 0 unspecified atom stereocenters. The van der Waals surface area contributed by atoms with Gasteiger partial charge in [-0.3, -0.25) is 82.1 Å². The van der Waals surface area contributed by atoms with Gasteiger partial charge in [-0.1, -0.05) is 102 Å². The molecule has 23 N–H and O–H groups in total. The van der Waals surface area contributed by atoms with Gasteiger partial charge in [0.15, 0.2) is 11.8 Å². The number of aliphatic hydroxyl groups is 1. The average molecular weight is 1880 g/mol. The zero-order valence-electron chi connectivity index (χ0n) is 76.2. The van der Waals surface area contributed by atoms with Crippen molar-refractivity contribution in [2.75, 3.05) is 65.4 Å². The molecule has 0 radical (unpaired) electrons. The molecule has 0 bridgehead atoms. The monoisotopic (exact) mass is 1880 g/mol. The van der Waals surface area contributed by atoms with E-state index in [1.54, 1.807) is 74.8 Å². The van der Waals surface area contributed by atoms with E-state index in [0.29, 0.717) is 69.9 Å². The summed E-state index contributed by atoms with van der Waals surface area (Å²) in [6, 6.07) is 0.414. The summed E-state index contributed by atoms with van der Waals surface area (Å²) in [4.78, 5) is 252. The second-order valence-electron chi connectivity index (χ2n) is 33.9. The molecule has 724 valence electrons. The molecule has 1 fully saturated rings. The number of nitrogens with two attached hydrogens (primary N) is 3. The van der Waals surface area contributed by atoms with Gasteiger partial charge < -0.3 is 120 Å². The quantitative estimate of drug-likeness (QED) is 0.0153. The molecule has 4 aromatic heterocycles. The maximum Gasteiger partial charge on any atom is 0.246 e. The number of aromatic hydroxyl groups is 1. The number of benzene rings is 3. The number of aromatic amines is 3. The van der Waals surface area contributed by atoms with Crippen molar-refractivity contribution in [2.24, 2.45) is 23.1 Å². The van der Waals surface area contributed by atoms with E-state index in [1.165, 1.54) is 64.9 Å². The average Bonchev–Trinajstić information content (AvgIpc) is 1.54. The Labute approximate surface area is 777 Å². The molecule has 2 aliphatic rings. The van der Waals surface area contributed by atoms with Gasteiger partial charge in [-0.15, -0.1) is 16.9 Å². The standard InChI is InChI=1S/C88H123N27O18S/c1-9-11-24-68-82(128)101-59(23-17-31-94-88(91)92)78(124)107-67(77(123)97-42-72(90)119)45-134-46-74(121)99-60(34-50-27-29-54(117)30-28-50)75-108-109-110-115(75)49(5)76(122)103-65(38-71(89)118)86(132)114-32-18-26-69(114)83(129)102-62(37-53-41-93-47-98-53)80(126)104-63(33-48(3)4)84(130)111(6)43-73(120)100-61(35-51-39-95-57-21-15-13-19-55(51)57)79(125)106-66(44-116)81(127)105-64(36-52-40-96-58-22-16-14-20-56(52)58)85(131)113(8)70(25-12-10-2)87(133)112(68)7/h13-16,19-22,27-30,39-41,47-49,59-70,95-96,116-117H,9-12,17-18,23-26,31-38,42-46H2,1-8H3,(H2,89,118)(H2,90,119)(H,93,98)(H,97,123)(H,99,121)(H,100,120)(H,101,128)(H,102,129)(H,103,122)(H,104,126)(H,105,127)(H,106,125)(H,107,124)(H4,91,92,94)/t49-,59-,60-,61-,62-,63-,64-,65-,66-,67-,68-,69-,70-/m0/s1. The lowest BCUT2D eigenvalue weighted by Gasteiger charge is -2.36. The number of aliphatic hydroxyl groups excluding tert-OH is 1. The van der Waals surface area contributed by atoms with Gasteiger partial charge in [0.1, 0.15) is 78.3 Å². The zero-order chi connectivity index (χ0) is 97.6. The van der Waals surface area contributed by atoms with Crippen LogP contribution in [0.1, 0.15) is 152 Å². The number of rotatable bonds is 26. The number of phenolic OH excluding ortho intramolecular Hbond substituents is 1. The number of aromatic nitrogens is 8. The Balaban J connectivity index is 1.09. The van der Waals surface area contributed by atoms with E-state index in [1.807, 2.05) is 13.8 Å². The van der Waals surface area contributed by atoms with E-state index in [0.717, 1.165) is 36.0 Å². The number of fused-ring (bicyclic) bond motifs is 4. The number of phenols is 1. The van der Waals surface area contributed by atoms with Gasteiger partial charge >= 0.3 is 0 Å². The van der Waals surface area contributed by atoms with E-state index in [2.05, 4.69) is 93.9 Å². The van der Waals surface area contributed by atoms with E-state index in [9.17, 15) is 63.0 Å². The Hall–Kier alpha value is -14.1. The van der Waals surface area contributed by atoms with Crippen LogP contribution in [0.2, 0.25) is 0 Å². The van der Waals surface area contributed by atoms with Crippen LogP contribution in [0.3, 0.4) is 0 Å². The molecular formula is C88H123N27O18S. The highest BCUT2D eigenvalue weighted by molar-refractivity contribution is 8.00. The minimum Gasteiger partial charge on any atom is -0.508 e. The second-order valence-corrected chi connectivity index (χ2v) is 34.9. The van der Waals surface area contributed by atoms with Crippen LogP contribution >= 0.6 is 11.8 Å². The summed E-state index contributed by atoms with van der Waals surface area (Å²) >= 11 is 0.812. The number of H-pyrrole nitrogens is 3. The molecule has 16 amide bonds. The van der Waals surface area contributed by atoms with Crippen molar-refractivity contribution >= 4 is 134 Å². The first kappa shape index (κ1) is 104.